The molecule has 5 rings (SSSR count). The van der Waals surface area contributed by atoms with Crippen molar-refractivity contribution >= 4 is 17.5 Å². The zero-order valence-electron chi connectivity index (χ0n) is 17.3. The van der Waals surface area contributed by atoms with Crippen LogP contribution in [0.15, 0.2) is 71.5 Å². The van der Waals surface area contributed by atoms with Crippen LogP contribution >= 0.6 is 0 Å². The molecule has 1 N–H and O–H groups in total. The average molecular weight is 431 g/mol. The fraction of sp³-hybridized carbons (Fsp3) is 0.240. The zero-order chi connectivity index (χ0) is 22.2. The van der Waals surface area contributed by atoms with Crippen LogP contribution in [0.2, 0.25) is 0 Å². The highest BCUT2D eigenvalue weighted by molar-refractivity contribution is 6.04. The van der Waals surface area contributed by atoms with Crippen LogP contribution in [0.5, 0.6) is 0 Å². The van der Waals surface area contributed by atoms with E-state index < -0.39 is 11.7 Å². The van der Waals surface area contributed by atoms with E-state index in [4.69, 9.17) is 0 Å². The first-order chi connectivity index (χ1) is 15.5. The Hall–Kier alpha value is -3.74. The summed E-state index contributed by atoms with van der Waals surface area (Å²) >= 11 is 0. The SMILES string of the molecule is O=C(Nc1ccc2n(c1=O)CC1CC2CN(C(=O)c2ccccc2)C1)c1ccc(F)cc1. The van der Waals surface area contributed by atoms with Crippen LogP contribution in [0.1, 0.15) is 38.7 Å². The Balaban J connectivity index is 1.37. The number of aromatic nitrogens is 1. The average Bonchev–Trinajstić information content (AvgIpc) is 2.81. The highest BCUT2D eigenvalue weighted by Crippen LogP contribution is 2.36. The van der Waals surface area contributed by atoms with E-state index >= 15 is 0 Å². The Labute approximate surface area is 184 Å². The second-order valence-electron chi connectivity index (χ2n) is 8.42. The number of halogens is 1. The molecule has 162 valence electrons. The van der Waals surface area contributed by atoms with Gasteiger partial charge in [0.05, 0.1) is 0 Å². The third-order valence-electron chi connectivity index (χ3n) is 6.27. The first-order valence-corrected chi connectivity index (χ1v) is 10.6. The van der Waals surface area contributed by atoms with Crippen molar-refractivity contribution in [3.8, 4) is 0 Å². The van der Waals surface area contributed by atoms with Gasteiger partial charge in [0.15, 0.2) is 0 Å². The lowest BCUT2D eigenvalue weighted by Crippen LogP contribution is -2.49. The molecule has 0 saturated carbocycles. The lowest BCUT2D eigenvalue weighted by molar-refractivity contribution is 0.0594. The van der Waals surface area contributed by atoms with Gasteiger partial charge in [-0.2, -0.15) is 0 Å². The molecule has 0 spiro atoms. The number of fused-ring (bicyclic) bond motifs is 4. The van der Waals surface area contributed by atoms with Gasteiger partial charge < -0.3 is 14.8 Å². The summed E-state index contributed by atoms with van der Waals surface area (Å²) in [7, 11) is 0. The molecule has 2 bridgehead atoms. The standard InChI is InChI=1S/C25H22FN3O3/c26-20-8-6-17(7-9-20)23(30)27-21-10-11-22-19-12-16(14-29(22)25(21)32)13-28(15-19)24(31)18-4-2-1-3-5-18/h1-11,16,19H,12-15H2,(H,27,30). The van der Waals surface area contributed by atoms with Crippen molar-refractivity contribution in [1.29, 1.82) is 0 Å². The van der Waals surface area contributed by atoms with Gasteiger partial charge in [-0.3, -0.25) is 14.4 Å². The maximum absolute atomic E-state index is 13.1. The quantitative estimate of drug-likeness (QED) is 0.690. The molecule has 2 amide bonds. The van der Waals surface area contributed by atoms with E-state index in [-0.39, 0.29) is 34.6 Å². The van der Waals surface area contributed by atoms with Crippen LogP contribution in [0.3, 0.4) is 0 Å². The van der Waals surface area contributed by atoms with Crippen molar-refractivity contribution in [3.05, 3.63) is 99.7 Å². The molecule has 3 aromatic rings. The Kier molecular flexibility index (Phi) is 5.09. The van der Waals surface area contributed by atoms with E-state index in [2.05, 4.69) is 5.32 Å². The first-order valence-electron chi connectivity index (χ1n) is 10.6. The number of piperidine rings is 1. The van der Waals surface area contributed by atoms with Crippen molar-refractivity contribution in [2.45, 2.75) is 18.9 Å². The van der Waals surface area contributed by atoms with E-state index in [1.165, 1.54) is 24.3 Å². The molecule has 6 nitrogen and oxygen atoms in total. The number of nitrogens with one attached hydrogen (secondary N) is 1. The van der Waals surface area contributed by atoms with Gasteiger partial charge >= 0.3 is 0 Å². The number of anilines is 1. The summed E-state index contributed by atoms with van der Waals surface area (Å²) in [6.45, 7) is 1.66. The fourth-order valence-electron chi connectivity index (χ4n) is 4.77. The summed E-state index contributed by atoms with van der Waals surface area (Å²) in [5.74, 6) is -0.626. The number of nitrogens with zero attached hydrogens (tertiary/aromatic N) is 2. The number of amides is 2. The van der Waals surface area contributed by atoms with E-state index in [0.29, 0.717) is 25.2 Å². The van der Waals surface area contributed by atoms with Gasteiger partial charge in [-0.05, 0) is 60.9 Å². The van der Waals surface area contributed by atoms with Gasteiger partial charge in [-0.15, -0.1) is 0 Å². The number of hydrogen-bond donors (Lipinski definition) is 1. The number of benzene rings is 2. The zero-order valence-corrected chi connectivity index (χ0v) is 17.3. The summed E-state index contributed by atoms with van der Waals surface area (Å²) in [5.41, 5.74) is 1.77. The van der Waals surface area contributed by atoms with Crippen molar-refractivity contribution in [3.63, 3.8) is 0 Å². The Morgan fingerprint density at radius 1 is 0.875 bits per heavy atom. The van der Waals surface area contributed by atoms with Crippen LogP contribution in [0.4, 0.5) is 10.1 Å². The number of carbonyl (C=O) groups excluding carboxylic acids is 2. The molecule has 2 atom stereocenters. The van der Waals surface area contributed by atoms with E-state index in [0.717, 1.165) is 12.1 Å². The van der Waals surface area contributed by atoms with Gasteiger partial charge in [0.25, 0.3) is 17.4 Å². The molecule has 1 fully saturated rings. The molecular formula is C25H22FN3O3. The maximum atomic E-state index is 13.1. The van der Waals surface area contributed by atoms with E-state index in [9.17, 15) is 18.8 Å². The van der Waals surface area contributed by atoms with Gasteiger partial charge in [0, 0.05) is 42.4 Å². The van der Waals surface area contributed by atoms with Crippen molar-refractivity contribution in [2.24, 2.45) is 5.92 Å². The smallest absolute Gasteiger partial charge is 0.274 e. The number of likely N-dealkylation sites (tertiary alicyclic amines) is 1. The summed E-state index contributed by atoms with van der Waals surface area (Å²) in [5, 5.41) is 2.65. The van der Waals surface area contributed by atoms with Gasteiger partial charge in [0.2, 0.25) is 0 Å². The molecule has 3 heterocycles. The van der Waals surface area contributed by atoms with Crippen molar-refractivity contribution < 1.29 is 14.0 Å². The van der Waals surface area contributed by atoms with Gasteiger partial charge in [-0.25, -0.2) is 4.39 Å². The third-order valence-corrected chi connectivity index (χ3v) is 6.27. The molecule has 1 saturated heterocycles. The molecule has 7 heteroatoms. The molecule has 0 radical (unpaired) electrons. The predicted molar refractivity (Wildman–Crippen MR) is 118 cm³/mol. The Bertz CT molecular complexity index is 1240. The summed E-state index contributed by atoms with van der Waals surface area (Å²) in [6.07, 6.45) is 0.930. The highest BCUT2D eigenvalue weighted by Gasteiger charge is 2.37. The molecule has 0 aliphatic carbocycles. The fourth-order valence-corrected chi connectivity index (χ4v) is 4.77. The summed E-state index contributed by atoms with van der Waals surface area (Å²) in [6, 6.07) is 17.9. The molecular weight excluding hydrogens is 409 g/mol. The summed E-state index contributed by atoms with van der Waals surface area (Å²) in [4.78, 5) is 40.4. The molecule has 2 aliphatic heterocycles. The normalized spacial score (nSPS) is 19.2. The molecule has 2 aliphatic rings. The van der Waals surface area contributed by atoms with Crippen molar-refractivity contribution in [2.75, 3.05) is 18.4 Å². The lowest BCUT2D eigenvalue weighted by atomic mass is 9.83. The number of carbonyl (C=O) groups is 2. The minimum Gasteiger partial charge on any atom is -0.338 e. The third kappa shape index (κ3) is 3.70. The molecule has 32 heavy (non-hydrogen) atoms. The summed E-state index contributed by atoms with van der Waals surface area (Å²) < 4.78 is 14.8. The number of hydrogen-bond acceptors (Lipinski definition) is 3. The second-order valence-corrected chi connectivity index (χ2v) is 8.42. The number of pyridine rings is 1. The van der Waals surface area contributed by atoms with Crippen LogP contribution in [-0.4, -0.2) is 34.4 Å². The minimum absolute atomic E-state index is 0.0132. The highest BCUT2D eigenvalue weighted by atomic mass is 19.1. The largest absolute Gasteiger partial charge is 0.338 e. The maximum Gasteiger partial charge on any atom is 0.274 e. The van der Waals surface area contributed by atoms with Gasteiger partial charge in [0.1, 0.15) is 11.5 Å². The van der Waals surface area contributed by atoms with Crippen molar-refractivity contribution in [1.82, 2.24) is 9.47 Å². The Morgan fingerprint density at radius 2 is 1.62 bits per heavy atom. The topological polar surface area (TPSA) is 71.4 Å². The first kappa shape index (κ1) is 20.2. The molecule has 2 aromatic carbocycles. The van der Waals surface area contributed by atoms with Crippen LogP contribution in [0.25, 0.3) is 0 Å². The van der Waals surface area contributed by atoms with Crippen LogP contribution in [-0.2, 0) is 6.54 Å². The lowest BCUT2D eigenvalue weighted by Gasteiger charge is -2.43. The minimum atomic E-state index is -0.460. The molecule has 1 aromatic heterocycles. The van der Waals surface area contributed by atoms with E-state index in [1.54, 1.807) is 10.6 Å². The van der Waals surface area contributed by atoms with Crippen LogP contribution in [0, 0.1) is 11.7 Å². The van der Waals surface area contributed by atoms with Crippen LogP contribution < -0.4 is 10.9 Å². The Morgan fingerprint density at radius 3 is 2.38 bits per heavy atom. The van der Waals surface area contributed by atoms with E-state index in [1.807, 2.05) is 41.3 Å². The molecule has 2 unspecified atom stereocenters. The van der Waals surface area contributed by atoms with Gasteiger partial charge in [-0.1, -0.05) is 18.2 Å². The second kappa shape index (κ2) is 8.07. The monoisotopic (exact) mass is 431 g/mol. The predicted octanol–water partition coefficient (Wildman–Crippen LogP) is 3.50. The number of rotatable bonds is 3.